The van der Waals surface area contributed by atoms with Crippen molar-refractivity contribution in [2.75, 3.05) is 32.8 Å². The summed E-state index contributed by atoms with van der Waals surface area (Å²) >= 11 is 0. The molecule has 2 aliphatic rings. The Bertz CT molecular complexity index is 359. The fourth-order valence-corrected chi connectivity index (χ4v) is 3.36. The van der Waals surface area contributed by atoms with Gasteiger partial charge in [0.2, 0.25) is 0 Å². The summed E-state index contributed by atoms with van der Waals surface area (Å²) in [7, 11) is 0. The van der Waals surface area contributed by atoms with Gasteiger partial charge in [-0.2, -0.15) is 0 Å². The van der Waals surface area contributed by atoms with Crippen molar-refractivity contribution < 1.29 is 19.4 Å². The van der Waals surface area contributed by atoms with Crippen molar-refractivity contribution in [2.45, 2.75) is 44.9 Å². The van der Waals surface area contributed by atoms with Crippen molar-refractivity contribution in [2.24, 2.45) is 5.41 Å². The van der Waals surface area contributed by atoms with E-state index in [1.807, 2.05) is 0 Å². The molecule has 1 saturated heterocycles. The predicted molar refractivity (Wildman–Crippen MR) is 78.2 cm³/mol. The minimum Gasteiger partial charge on any atom is -0.481 e. The Morgan fingerprint density at radius 2 is 1.86 bits per heavy atom. The van der Waals surface area contributed by atoms with Gasteiger partial charge in [-0.05, 0) is 24.7 Å². The van der Waals surface area contributed by atoms with Crippen LogP contribution in [0.2, 0.25) is 0 Å². The van der Waals surface area contributed by atoms with Crippen LogP contribution in [0.25, 0.3) is 0 Å². The number of carbonyl (C=O) groups is 2. The summed E-state index contributed by atoms with van der Waals surface area (Å²) in [5, 5.41) is 12.1. The number of carboxylic acid groups (broad SMARTS) is 1. The zero-order chi connectivity index (χ0) is 15.1. The van der Waals surface area contributed by atoms with Crippen LogP contribution < -0.4 is 5.32 Å². The van der Waals surface area contributed by atoms with Gasteiger partial charge in [-0.15, -0.1) is 0 Å². The molecular formula is C15H26N2O4. The SMILES string of the molecule is O=C(O)CC1(CNC(=O)N2CCCOCC2)CCCCC1. The van der Waals surface area contributed by atoms with Crippen LogP contribution in [-0.4, -0.2) is 54.9 Å². The second kappa shape index (κ2) is 7.64. The second-order valence-electron chi connectivity index (χ2n) is 6.24. The van der Waals surface area contributed by atoms with Gasteiger partial charge in [0.05, 0.1) is 13.0 Å². The lowest BCUT2D eigenvalue weighted by Gasteiger charge is -2.36. The zero-order valence-electron chi connectivity index (χ0n) is 12.6. The number of ether oxygens (including phenoxy) is 1. The molecule has 0 unspecified atom stereocenters. The van der Waals surface area contributed by atoms with E-state index in [4.69, 9.17) is 9.84 Å². The topological polar surface area (TPSA) is 78.9 Å². The maximum Gasteiger partial charge on any atom is 0.317 e. The third-order valence-electron chi connectivity index (χ3n) is 4.56. The van der Waals surface area contributed by atoms with Gasteiger partial charge in [0, 0.05) is 26.2 Å². The molecule has 2 fully saturated rings. The molecule has 1 heterocycles. The van der Waals surface area contributed by atoms with E-state index in [2.05, 4.69) is 5.32 Å². The van der Waals surface area contributed by atoms with Gasteiger partial charge in [-0.25, -0.2) is 4.79 Å². The van der Waals surface area contributed by atoms with Crippen molar-refractivity contribution in [3.63, 3.8) is 0 Å². The van der Waals surface area contributed by atoms with E-state index in [1.165, 1.54) is 6.42 Å². The number of hydrogen-bond acceptors (Lipinski definition) is 3. The molecular weight excluding hydrogens is 272 g/mol. The number of urea groups is 1. The summed E-state index contributed by atoms with van der Waals surface area (Å²) in [5.74, 6) is -0.769. The van der Waals surface area contributed by atoms with E-state index < -0.39 is 5.97 Å². The largest absolute Gasteiger partial charge is 0.481 e. The molecule has 1 saturated carbocycles. The number of aliphatic carboxylic acids is 1. The molecule has 0 radical (unpaired) electrons. The van der Waals surface area contributed by atoms with Crippen LogP contribution in [0.1, 0.15) is 44.9 Å². The van der Waals surface area contributed by atoms with Gasteiger partial charge in [-0.3, -0.25) is 4.79 Å². The van der Waals surface area contributed by atoms with Gasteiger partial charge < -0.3 is 20.1 Å². The van der Waals surface area contributed by atoms with E-state index >= 15 is 0 Å². The number of hydrogen-bond donors (Lipinski definition) is 2. The van der Waals surface area contributed by atoms with E-state index in [9.17, 15) is 9.59 Å². The van der Waals surface area contributed by atoms with E-state index in [0.29, 0.717) is 32.8 Å². The molecule has 0 aromatic rings. The van der Waals surface area contributed by atoms with Gasteiger partial charge in [0.1, 0.15) is 0 Å². The normalized spacial score (nSPS) is 22.4. The molecule has 0 bridgehead atoms. The molecule has 0 atom stereocenters. The summed E-state index contributed by atoms with van der Waals surface area (Å²) in [6, 6.07) is -0.0872. The number of carbonyl (C=O) groups excluding carboxylic acids is 1. The van der Waals surface area contributed by atoms with Crippen LogP contribution in [0.5, 0.6) is 0 Å². The van der Waals surface area contributed by atoms with Crippen LogP contribution in [0, 0.1) is 5.41 Å². The molecule has 0 aromatic carbocycles. The lowest BCUT2D eigenvalue weighted by Crippen LogP contribution is -2.46. The first kappa shape index (κ1) is 16.1. The Morgan fingerprint density at radius 1 is 1.10 bits per heavy atom. The minimum absolute atomic E-state index is 0.0872. The molecule has 2 N–H and O–H groups in total. The van der Waals surface area contributed by atoms with Crippen molar-refractivity contribution in [1.29, 1.82) is 0 Å². The lowest BCUT2D eigenvalue weighted by molar-refractivity contribution is -0.140. The Morgan fingerprint density at radius 3 is 2.57 bits per heavy atom. The van der Waals surface area contributed by atoms with Crippen LogP contribution >= 0.6 is 0 Å². The first-order valence-electron chi connectivity index (χ1n) is 7.94. The van der Waals surface area contributed by atoms with Crippen LogP contribution in [0.15, 0.2) is 0 Å². The molecule has 1 aliphatic heterocycles. The molecule has 21 heavy (non-hydrogen) atoms. The maximum absolute atomic E-state index is 12.2. The fraction of sp³-hybridized carbons (Fsp3) is 0.867. The van der Waals surface area contributed by atoms with Crippen LogP contribution in [-0.2, 0) is 9.53 Å². The van der Waals surface area contributed by atoms with Crippen molar-refractivity contribution in [3.8, 4) is 0 Å². The first-order valence-corrected chi connectivity index (χ1v) is 7.94. The average molecular weight is 298 g/mol. The van der Waals surface area contributed by atoms with Gasteiger partial charge in [-0.1, -0.05) is 19.3 Å². The molecule has 2 amide bonds. The Balaban J connectivity index is 1.88. The third kappa shape index (κ3) is 4.88. The molecule has 0 spiro atoms. The summed E-state index contributed by atoms with van der Waals surface area (Å²) < 4.78 is 5.34. The summed E-state index contributed by atoms with van der Waals surface area (Å²) in [6.45, 7) is 3.06. The summed E-state index contributed by atoms with van der Waals surface area (Å²) in [4.78, 5) is 25.1. The highest BCUT2D eigenvalue weighted by molar-refractivity contribution is 5.74. The number of rotatable bonds is 4. The fourth-order valence-electron chi connectivity index (χ4n) is 3.36. The van der Waals surface area contributed by atoms with E-state index in [0.717, 1.165) is 32.1 Å². The van der Waals surface area contributed by atoms with Crippen LogP contribution in [0.3, 0.4) is 0 Å². The zero-order valence-corrected chi connectivity index (χ0v) is 12.6. The molecule has 6 heteroatoms. The highest BCUT2D eigenvalue weighted by Gasteiger charge is 2.35. The maximum atomic E-state index is 12.2. The van der Waals surface area contributed by atoms with Crippen LogP contribution in [0.4, 0.5) is 4.79 Å². The minimum atomic E-state index is -0.769. The summed E-state index contributed by atoms with van der Waals surface area (Å²) in [6.07, 6.45) is 6.07. The highest BCUT2D eigenvalue weighted by Crippen LogP contribution is 2.38. The molecule has 2 rings (SSSR count). The molecule has 0 aromatic heterocycles. The van der Waals surface area contributed by atoms with Crippen molar-refractivity contribution in [1.82, 2.24) is 10.2 Å². The third-order valence-corrected chi connectivity index (χ3v) is 4.56. The predicted octanol–water partition coefficient (Wildman–Crippen LogP) is 1.84. The highest BCUT2D eigenvalue weighted by atomic mass is 16.5. The monoisotopic (exact) mass is 298 g/mol. The Hall–Kier alpha value is -1.30. The lowest BCUT2D eigenvalue weighted by atomic mass is 9.72. The summed E-state index contributed by atoms with van der Waals surface area (Å²) in [5.41, 5.74) is -0.262. The standard InChI is InChI=1S/C15H26N2O4/c18-13(19)11-15(5-2-1-3-6-15)12-16-14(20)17-7-4-9-21-10-8-17/h1-12H2,(H,16,20)(H,18,19). The number of nitrogens with zero attached hydrogens (tertiary/aromatic N) is 1. The average Bonchev–Trinajstić information content (AvgIpc) is 2.74. The van der Waals surface area contributed by atoms with E-state index in [1.54, 1.807) is 4.90 Å². The smallest absolute Gasteiger partial charge is 0.317 e. The second-order valence-corrected chi connectivity index (χ2v) is 6.24. The number of amides is 2. The van der Waals surface area contributed by atoms with Gasteiger partial charge in [0.25, 0.3) is 0 Å². The van der Waals surface area contributed by atoms with Gasteiger partial charge >= 0.3 is 12.0 Å². The number of nitrogens with one attached hydrogen (secondary N) is 1. The van der Waals surface area contributed by atoms with E-state index in [-0.39, 0.29) is 17.9 Å². The number of carboxylic acids is 1. The molecule has 6 nitrogen and oxygen atoms in total. The Kier molecular flexibility index (Phi) is 5.85. The van der Waals surface area contributed by atoms with Crippen molar-refractivity contribution in [3.05, 3.63) is 0 Å². The molecule has 1 aliphatic carbocycles. The Labute approximate surface area is 125 Å². The molecule has 120 valence electrons. The van der Waals surface area contributed by atoms with Crippen molar-refractivity contribution >= 4 is 12.0 Å². The quantitative estimate of drug-likeness (QED) is 0.830. The first-order chi connectivity index (χ1) is 10.1. The van der Waals surface area contributed by atoms with Gasteiger partial charge in [0.15, 0.2) is 0 Å².